The summed E-state index contributed by atoms with van der Waals surface area (Å²) in [6.45, 7) is 0.606. The fraction of sp³-hybridized carbons (Fsp3) is 0.176. The Morgan fingerprint density at radius 2 is 1.70 bits per heavy atom. The lowest BCUT2D eigenvalue weighted by Crippen LogP contribution is -2.06. The largest absolute Gasteiger partial charge is 0.313 e. The minimum atomic E-state index is -0.395. The maximum atomic E-state index is 10.7. The van der Waals surface area contributed by atoms with Crippen LogP contribution in [-0.2, 0) is 19.4 Å². The highest BCUT2D eigenvalue weighted by atomic mass is 16.6. The van der Waals surface area contributed by atoms with E-state index in [4.69, 9.17) is 0 Å². The molecule has 3 aromatic rings. The van der Waals surface area contributed by atoms with Crippen molar-refractivity contribution >= 4 is 5.69 Å². The van der Waals surface area contributed by atoms with Crippen molar-refractivity contribution in [2.75, 3.05) is 0 Å². The van der Waals surface area contributed by atoms with Crippen LogP contribution in [0, 0.1) is 10.1 Å². The molecule has 0 unspecified atom stereocenters. The number of hydrogen-bond acceptors (Lipinski definition) is 4. The van der Waals surface area contributed by atoms with Crippen LogP contribution in [0.3, 0.4) is 0 Å². The first-order chi connectivity index (χ1) is 11.2. The first-order valence-electron chi connectivity index (χ1n) is 7.36. The van der Waals surface area contributed by atoms with E-state index in [-0.39, 0.29) is 5.69 Å². The summed E-state index contributed by atoms with van der Waals surface area (Å²) in [7, 11) is 0. The predicted octanol–water partition coefficient (Wildman–Crippen LogP) is 3.02. The van der Waals surface area contributed by atoms with Crippen molar-refractivity contribution in [2.24, 2.45) is 0 Å². The number of non-ortho nitro benzene ring substituents is 1. The van der Waals surface area contributed by atoms with Crippen molar-refractivity contribution in [2.45, 2.75) is 19.4 Å². The van der Waals surface area contributed by atoms with Crippen LogP contribution in [0.1, 0.15) is 17.0 Å². The Balaban J connectivity index is 1.67. The second-order valence-corrected chi connectivity index (χ2v) is 5.28. The molecule has 1 aromatic heterocycles. The van der Waals surface area contributed by atoms with Gasteiger partial charge in [-0.05, 0) is 17.5 Å². The van der Waals surface area contributed by atoms with Crippen LogP contribution in [-0.4, -0.2) is 19.7 Å². The van der Waals surface area contributed by atoms with Gasteiger partial charge in [-0.25, -0.2) is 0 Å². The molecule has 3 rings (SSSR count). The summed E-state index contributed by atoms with van der Waals surface area (Å²) >= 11 is 0. The number of rotatable bonds is 6. The lowest BCUT2D eigenvalue weighted by atomic mass is 10.1. The fourth-order valence-electron chi connectivity index (χ4n) is 2.43. The Bertz CT molecular complexity index is 782. The third-order valence-electron chi connectivity index (χ3n) is 3.68. The van der Waals surface area contributed by atoms with Crippen LogP contribution < -0.4 is 0 Å². The molecule has 116 valence electrons. The van der Waals surface area contributed by atoms with E-state index in [1.54, 1.807) is 18.5 Å². The molecule has 2 aromatic carbocycles. The standard InChI is InChI=1S/C17H16N4O2/c22-21(23)16-9-6-15(7-10-16)12-20-13-18-19-17(20)11-8-14-4-2-1-3-5-14/h1-7,9-10,13H,8,11-12H2. The molecule has 0 aliphatic carbocycles. The van der Waals surface area contributed by atoms with Gasteiger partial charge in [-0.3, -0.25) is 10.1 Å². The number of nitrogens with zero attached hydrogens (tertiary/aromatic N) is 4. The number of aromatic nitrogens is 3. The number of benzene rings is 2. The highest BCUT2D eigenvalue weighted by Gasteiger charge is 2.08. The van der Waals surface area contributed by atoms with Gasteiger partial charge >= 0.3 is 0 Å². The van der Waals surface area contributed by atoms with Crippen LogP contribution in [0.15, 0.2) is 60.9 Å². The molecule has 0 saturated carbocycles. The van der Waals surface area contributed by atoms with Crippen molar-refractivity contribution in [1.29, 1.82) is 0 Å². The molecule has 0 N–H and O–H groups in total. The summed E-state index contributed by atoms with van der Waals surface area (Å²) in [6.07, 6.45) is 3.40. The molecular weight excluding hydrogens is 292 g/mol. The van der Waals surface area contributed by atoms with Gasteiger partial charge in [-0.15, -0.1) is 10.2 Å². The Kier molecular flexibility index (Phi) is 4.42. The fourth-order valence-corrected chi connectivity index (χ4v) is 2.43. The van der Waals surface area contributed by atoms with Crippen molar-refractivity contribution in [3.8, 4) is 0 Å². The maximum Gasteiger partial charge on any atom is 0.269 e. The van der Waals surface area contributed by atoms with Crippen LogP contribution in [0.4, 0.5) is 5.69 Å². The van der Waals surface area contributed by atoms with E-state index in [1.807, 2.05) is 22.8 Å². The average molecular weight is 308 g/mol. The zero-order valence-electron chi connectivity index (χ0n) is 12.5. The van der Waals surface area contributed by atoms with Crippen molar-refractivity contribution in [3.05, 3.63) is 88.0 Å². The number of hydrogen-bond donors (Lipinski definition) is 0. The lowest BCUT2D eigenvalue weighted by molar-refractivity contribution is -0.384. The summed E-state index contributed by atoms with van der Waals surface area (Å²) in [6, 6.07) is 16.8. The van der Waals surface area contributed by atoms with Crippen molar-refractivity contribution in [3.63, 3.8) is 0 Å². The highest BCUT2D eigenvalue weighted by molar-refractivity contribution is 5.33. The second-order valence-electron chi connectivity index (χ2n) is 5.28. The summed E-state index contributed by atoms with van der Waals surface area (Å²) in [5.41, 5.74) is 2.34. The van der Waals surface area contributed by atoms with E-state index in [1.165, 1.54) is 17.7 Å². The lowest BCUT2D eigenvalue weighted by Gasteiger charge is -2.07. The molecule has 6 heteroatoms. The second kappa shape index (κ2) is 6.83. The summed E-state index contributed by atoms with van der Waals surface area (Å²) in [4.78, 5) is 10.3. The summed E-state index contributed by atoms with van der Waals surface area (Å²) in [5.74, 6) is 0.909. The van der Waals surface area contributed by atoms with Gasteiger partial charge < -0.3 is 4.57 Å². The Labute approximate surface area is 133 Å². The SMILES string of the molecule is O=[N+]([O-])c1ccc(Cn2cnnc2CCc2ccccc2)cc1. The molecule has 0 fully saturated rings. The van der Waals surface area contributed by atoms with Crippen LogP contribution in [0.25, 0.3) is 0 Å². The van der Waals surface area contributed by atoms with Gasteiger partial charge in [0.05, 0.1) is 11.5 Å². The highest BCUT2D eigenvalue weighted by Crippen LogP contribution is 2.14. The Hall–Kier alpha value is -3.02. The first-order valence-corrected chi connectivity index (χ1v) is 7.36. The topological polar surface area (TPSA) is 73.8 Å². The molecule has 0 atom stereocenters. The molecule has 0 spiro atoms. The van der Waals surface area contributed by atoms with Crippen LogP contribution in [0.5, 0.6) is 0 Å². The minimum absolute atomic E-state index is 0.0989. The monoisotopic (exact) mass is 308 g/mol. The van der Waals surface area contributed by atoms with Gasteiger partial charge in [-0.2, -0.15) is 0 Å². The molecule has 0 saturated heterocycles. The molecule has 23 heavy (non-hydrogen) atoms. The van der Waals surface area contributed by atoms with E-state index >= 15 is 0 Å². The number of aryl methyl sites for hydroxylation is 2. The molecule has 1 heterocycles. The van der Waals surface area contributed by atoms with Gasteiger partial charge in [0, 0.05) is 18.6 Å². The van der Waals surface area contributed by atoms with E-state index < -0.39 is 4.92 Å². The predicted molar refractivity (Wildman–Crippen MR) is 86.1 cm³/mol. The van der Waals surface area contributed by atoms with Gasteiger partial charge in [0.15, 0.2) is 0 Å². The Morgan fingerprint density at radius 3 is 2.39 bits per heavy atom. The molecule has 0 aliphatic heterocycles. The molecule has 6 nitrogen and oxygen atoms in total. The minimum Gasteiger partial charge on any atom is -0.313 e. The van der Waals surface area contributed by atoms with Crippen LogP contribution >= 0.6 is 0 Å². The zero-order chi connectivity index (χ0) is 16.1. The first kappa shape index (κ1) is 14.9. The van der Waals surface area contributed by atoms with Crippen molar-refractivity contribution < 1.29 is 4.92 Å². The van der Waals surface area contributed by atoms with Gasteiger partial charge in [0.2, 0.25) is 0 Å². The molecular formula is C17H16N4O2. The number of nitro benzene ring substituents is 1. The van der Waals surface area contributed by atoms with Gasteiger partial charge in [0.1, 0.15) is 12.2 Å². The van der Waals surface area contributed by atoms with E-state index in [0.717, 1.165) is 24.2 Å². The Morgan fingerprint density at radius 1 is 0.957 bits per heavy atom. The third kappa shape index (κ3) is 3.79. The van der Waals surface area contributed by atoms with Crippen LogP contribution in [0.2, 0.25) is 0 Å². The van der Waals surface area contributed by atoms with Gasteiger partial charge in [0.25, 0.3) is 5.69 Å². The van der Waals surface area contributed by atoms with E-state index in [2.05, 4.69) is 22.3 Å². The zero-order valence-corrected chi connectivity index (χ0v) is 12.5. The normalized spacial score (nSPS) is 10.6. The smallest absolute Gasteiger partial charge is 0.269 e. The molecule has 0 bridgehead atoms. The van der Waals surface area contributed by atoms with Gasteiger partial charge in [-0.1, -0.05) is 42.5 Å². The molecule has 0 radical (unpaired) electrons. The quantitative estimate of drug-likeness (QED) is 0.518. The average Bonchev–Trinajstić information content (AvgIpc) is 3.01. The molecule has 0 aliphatic rings. The summed E-state index contributed by atoms with van der Waals surface area (Å²) in [5, 5.41) is 18.8. The van der Waals surface area contributed by atoms with E-state index in [0.29, 0.717) is 6.54 Å². The van der Waals surface area contributed by atoms with E-state index in [9.17, 15) is 10.1 Å². The molecule has 0 amide bonds. The number of nitro groups is 1. The maximum absolute atomic E-state index is 10.7. The third-order valence-corrected chi connectivity index (χ3v) is 3.68. The van der Waals surface area contributed by atoms with Crippen molar-refractivity contribution in [1.82, 2.24) is 14.8 Å². The summed E-state index contributed by atoms with van der Waals surface area (Å²) < 4.78 is 1.98.